The summed E-state index contributed by atoms with van der Waals surface area (Å²) in [7, 11) is 0. The summed E-state index contributed by atoms with van der Waals surface area (Å²) >= 11 is 0. The van der Waals surface area contributed by atoms with Crippen LogP contribution in [0.5, 0.6) is 0 Å². The maximum Gasteiger partial charge on any atom is 0.202 e. The van der Waals surface area contributed by atoms with Gasteiger partial charge in [-0.05, 0) is 13.5 Å². The Morgan fingerprint density at radius 3 is 2.93 bits per heavy atom. The first-order valence-corrected chi connectivity index (χ1v) is 5.46. The molecule has 0 aliphatic rings. The monoisotopic (exact) mass is 209 g/mol. The molecule has 0 aromatic carbocycles. The third kappa shape index (κ3) is 2.89. The van der Waals surface area contributed by atoms with Gasteiger partial charge in [-0.3, -0.25) is 4.79 Å². The summed E-state index contributed by atoms with van der Waals surface area (Å²) in [5.74, 6) is 0.670. The van der Waals surface area contributed by atoms with Gasteiger partial charge in [-0.25, -0.2) is 4.98 Å². The number of Topliss-reactive ketones (excluding diaryl/α,β-unsaturated/α-hetero) is 1. The predicted octanol–water partition coefficient (Wildman–Crippen LogP) is 1.33. The fraction of sp³-hybridized carbons (Fsp3) is 0.636. The zero-order valence-electron chi connectivity index (χ0n) is 9.66. The number of hydrogen-bond acceptors (Lipinski definition) is 3. The molecule has 4 nitrogen and oxygen atoms in total. The topological polar surface area (TPSA) is 46.9 Å². The van der Waals surface area contributed by atoms with Crippen molar-refractivity contribution in [3.8, 4) is 0 Å². The fourth-order valence-electron chi connectivity index (χ4n) is 1.46. The highest BCUT2D eigenvalue weighted by atomic mass is 16.1. The second kappa shape index (κ2) is 5.66. The number of imidazole rings is 1. The lowest BCUT2D eigenvalue weighted by Crippen LogP contribution is -2.28. The summed E-state index contributed by atoms with van der Waals surface area (Å²) in [4.78, 5) is 16.1. The van der Waals surface area contributed by atoms with E-state index in [1.165, 1.54) is 0 Å². The molecular weight excluding hydrogens is 190 g/mol. The van der Waals surface area contributed by atoms with Crippen LogP contribution in [0, 0.1) is 5.92 Å². The fourth-order valence-corrected chi connectivity index (χ4v) is 1.46. The number of carbonyl (C=O) groups is 1. The molecule has 0 spiro atoms. The lowest BCUT2D eigenvalue weighted by molar-refractivity contribution is 0.0914. The van der Waals surface area contributed by atoms with E-state index in [2.05, 4.69) is 10.3 Å². The van der Waals surface area contributed by atoms with Crippen molar-refractivity contribution in [1.82, 2.24) is 14.9 Å². The first-order valence-electron chi connectivity index (χ1n) is 5.46. The zero-order chi connectivity index (χ0) is 11.3. The van der Waals surface area contributed by atoms with Crippen molar-refractivity contribution >= 4 is 5.78 Å². The van der Waals surface area contributed by atoms with Gasteiger partial charge in [0.25, 0.3) is 0 Å². The van der Waals surface area contributed by atoms with E-state index in [1.807, 2.05) is 31.5 Å². The van der Waals surface area contributed by atoms with Crippen LogP contribution < -0.4 is 5.32 Å². The van der Waals surface area contributed by atoms with Crippen LogP contribution in [0.25, 0.3) is 0 Å². The number of rotatable bonds is 6. The minimum Gasteiger partial charge on any atom is -0.329 e. The van der Waals surface area contributed by atoms with Crippen LogP contribution in [0.4, 0.5) is 0 Å². The number of nitrogens with zero attached hydrogens (tertiary/aromatic N) is 2. The van der Waals surface area contributed by atoms with Gasteiger partial charge in [0, 0.05) is 31.4 Å². The molecule has 0 saturated heterocycles. The van der Waals surface area contributed by atoms with Crippen molar-refractivity contribution in [2.45, 2.75) is 27.3 Å². The molecule has 0 saturated carbocycles. The number of carbonyl (C=O) groups excluding carboxylic acids is 1. The molecule has 15 heavy (non-hydrogen) atoms. The van der Waals surface area contributed by atoms with Gasteiger partial charge in [-0.15, -0.1) is 0 Å². The number of aromatic nitrogens is 2. The Balaban J connectivity index is 2.67. The van der Waals surface area contributed by atoms with Gasteiger partial charge in [0.2, 0.25) is 5.78 Å². The lowest BCUT2D eigenvalue weighted by Gasteiger charge is -2.11. The number of ketones is 1. The first kappa shape index (κ1) is 11.9. The summed E-state index contributed by atoms with van der Waals surface area (Å²) < 4.78 is 1.88. The smallest absolute Gasteiger partial charge is 0.202 e. The largest absolute Gasteiger partial charge is 0.329 e. The molecule has 0 amide bonds. The van der Waals surface area contributed by atoms with Gasteiger partial charge in [-0.2, -0.15) is 0 Å². The van der Waals surface area contributed by atoms with Gasteiger partial charge >= 0.3 is 0 Å². The van der Waals surface area contributed by atoms with Crippen molar-refractivity contribution in [3.63, 3.8) is 0 Å². The Morgan fingerprint density at radius 1 is 1.60 bits per heavy atom. The van der Waals surface area contributed by atoms with Crippen molar-refractivity contribution in [3.05, 3.63) is 18.2 Å². The first-order chi connectivity index (χ1) is 7.20. The van der Waals surface area contributed by atoms with E-state index in [0.29, 0.717) is 12.4 Å². The average molecular weight is 209 g/mol. The summed E-state index contributed by atoms with van der Waals surface area (Å²) in [6, 6.07) is 0. The molecule has 4 heteroatoms. The molecule has 1 aromatic heterocycles. The van der Waals surface area contributed by atoms with Crippen LogP contribution in [0.2, 0.25) is 0 Å². The van der Waals surface area contributed by atoms with Gasteiger partial charge in [-0.1, -0.05) is 13.8 Å². The molecule has 0 radical (unpaired) electrons. The predicted molar refractivity (Wildman–Crippen MR) is 59.9 cm³/mol. The number of hydrogen-bond donors (Lipinski definition) is 1. The molecule has 1 rings (SSSR count). The normalized spacial score (nSPS) is 12.7. The SMILES string of the molecule is CCNCC(C)C(=O)c1nccn1CC. The van der Waals surface area contributed by atoms with E-state index < -0.39 is 0 Å². The van der Waals surface area contributed by atoms with E-state index in [0.717, 1.165) is 13.1 Å². The second-order valence-electron chi connectivity index (χ2n) is 3.61. The highest BCUT2D eigenvalue weighted by Crippen LogP contribution is 2.06. The molecule has 0 aliphatic carbocycles. The summed E-state index contributed by atoms with van der Waals surface area (Å²) in [5, 5.41) is 3.17. The van der Waals surface area contributed by atoms with Crippen LogP contribution in [-0.2, 0) is 6.54 Å². The molecule has 0 aliphatic heterocycles. The van der Waals surface area contributed by atoms with Crippen molar-refractivity contribution in [1.29, 1.82) is 0 Å². The molecule has 0 fully saturated rings. The summed E-state index contributed by atoms with van der Waals surface area (Å²) in [5.41, 5.74) is 0. The molecule has 1 unspecified atom stereocenters. The highest BCUT2D eigenvalue weighted by molar-refractivity contribution is 5.94. The van der Waals surface area contributed by atoms with Crippen LogP contribution in [0.1, 0.15) is 31.4 Å². The molecular formula is C11H19N3O. The molecule has 1 heterocycles. The molecule has 1 aromatic rings. The van der Waals surface area contributed by atoms with Crippen molar-refractivity contribution in [2.24, 2.45) is 5.92 Å². The van der Waals surface area contributed by atoms with E-state index in [9.17, 15) is 4.79 Å². The van der Waals surface area contributed by atoms with Gasteiger partial charge < -0.3 is 9.88 Å². The number of nitrogens with one attached hydrogen (secondary N) is 1. The summed E-state index contributed by atoms with van der Waals surface area (Å²) in [6.07, 6.45) is 3.52. The van der Waals surface area contributed by atoms with Gasteiger partial charge in [0.05, 0.1) is 0 Å². The maximum absolute atomic E-state index is 12.0. The third-order valence-electron chi connectivity index (χ3n) is 2.42. The van der Waals surface area contributed by atoms with Gasteiger partial charge in [0.1, 0.15) is 0 Å². The Morgan fingerprint density at radius 2 is 2.33 bits per heavy atom. The minimum atomic E-state index is -0.0161. The van der Waals surface area contributed by atoms with Crippen LogP contribution >= 0.6 is 0 Å². The van der Waals surface area contributed by atoms with Crippen molar-refractivity contribution < 1.29 is 4.79 Å². The van der Waals surface area contributed by atoms with Crippen LogP contribution in [0.15, 0.2) is 12.4 Å². The zero-order valence-corrected chi connectivity index (χ0v) is 9.66. The Bertz CT molecular complexity index is 319. The Kier molecular flexibility index (Phi) is 4.49. The van der Waals surface area contributed by atoms with Crippen LogP contribution in [0.3, 0.4) is 0 Å². The minimum absolute atomic E-state index is 0.0161. The maximum atomic E-state index is 12.0. The molecule has 1 atom stereocenters. The van der Waals surface area contributed by atoms with E-state index in [1.54, 1.807) is 6.20 Å². The molecule has 0 bridgehead atoms. The van der Waals surface area contributed by atoms with Crippen LogP contribution in [-0.4, -0.2) is 28.4 Å². The summed E-state index contributed by atoms with van der Waals surface area (Å²) in [6.45, 7) is 8.36. The Labute approximate surface area is 90.7 Å². The Hall–Kier alpha value is -1.16. The molecule has 1 N–H and O–H groups in total. The number of aryl methyl sites for hydroxylation is 1. The quantitative estimate of drug-likeness (QED) is 0.719. The standard InChI is InChI=1S/C11H19N3O/c1-4-12-8-9(3)10(15)11-13-6-7-14(11)5-2/h6-7,9,12H,4-5,8H2,1-3H3. The third-order valence-corrected chi connectivity index (χ3v) is 2.42. The molecule has 84 valence electrons. The average Bonchev–Trinajstić information content (AvgIpc) is 2.72. The highest BCUT2D eigenvalue weighted by Gasteiger charge is 2.18. The van der Waals surface area contributed by atoms with Gasteiger partial charge in [0.15, 0.2) is 5.82 Å². The van der Waals surface area contributed by atoms with E-state index in [4.69, 9.17) is 0 Å². The van der Waals surface area contributed by atoms with E-state index >= 15 is 0 Å². The van der Waals surface area contributed by atoms with E-state index in [-0.39, 0.29) is 11.7 Å². The van der Waals surface area contributed by atoms with Crippen molar-refractivity contribution in [2.75, 3.05) is 13.1 Å². The lowest BCUT2D eigenvalue weighted by atomic mass is 10.1. The second-order valence-corrected chi connectivity index (χ2v) is 3.61.